The number of benzene rings is 1. The number of hydrogen-bond donors (Lipinski definition) is 1. The molecule has 1 aromatic carbocycles. The van der Waals surface area contributed by atoms with Crippen molar-refractivity contribution in [2.24, 2.45) is 0 Å². The minimum atomic E-state index is 0.127. The molecule has 4 heteroatoms. The minimum Gasteiger partial charge on any atom is -0.508 e. The Hall–Kier alpha value is -0.990. The molecule has 0 aliphatic rings. The van der Waals surface area contributed by atoms with E-state index >= 15 is 0 Å². The fourth-order valence-corrected chi connectivity index (χ4v) is 1.56. The van der Waals surface area contributed by atoms with Crippen molar-refractivity contribution in [3.8, 4) is 5.75 Å². The molecule has 2 rings (SSSR count). The first-order valence-corrected chi connectivity index (χ1v) is 4.37. The smallest absolute Gasteiger partial charge is 0.129 e. The van der Waals surface area contributed by atoms with E-state index in [1.54, 1.807) is 18.2 Å². The molecular formula is C9H5Cl2NO. The van der Waals surface area contributed by atoms with E-state index in [9.17, 15) is 5.11 Å². The van der Waals surface area contributed by atoms with Gasteiger partial charge in [-0.1, -0.05) is 23.2 Å². The predicted molar refractivity (Wildman–Crippen MR) is 53.4 cm³/mol. The predicted octanol–water partition coefficient (Wildman–Crippen LogP) is 3.25. The molecular weight excluding hydrogens is 209 g/mol. The molecule has 0 saturated carbocycles. The van der Waals surface area contributed by atoms with Gasteiger partial charge in [0.1, 0.15) is 10.9 Å². The van der Waals surface area contributed by atoms with Crippen LogP contribution in [0.3, 0.4) is 0 Å². The van der Waals surface area contributed by atoms with Crippen LogP contribution in [-0.2, 0) is 0 Å². The van der Waals surface area contributed by atoms with Gasteiger partial charge < -0.3 is 5.11 Å². The number of pyridine rings is 1. The van der Waals surface area contributed by atoms with Gasteiger partial charge in [-0.25, -0.2) is 4.98 Å². The third-order valence-corrected chi connectivity index (χ3v) is 2.20. The van der Waals surface area contributed by atoms with Crippen molar-refractivity contribution in [2.45, 2.75) is 0 Å². The van der Waals surface area contributed by atoms with Crippen LogP contribution in [0, 0.1) is 0 Å². The summed E-state index contributed by atoms with van der Waals surface area (Å²) in [5, 5.41) is 10.8. The van der Waals surface area contributed by atoms with Crippen LogP contribution < -0.4 is 0 Å². The highest BCUT2D eigenvalue weighted by atomic mass is 35.5. The largest absolute Gasteiger partial charge is 0.508 e. The van der Waals surface area contributed by atoms with Crippen LogP contribution >= 0.6 is 23.2 Å². The van der Waals surface area contributed by atoms with E-state index in [2.05, 4.69) is 4.98 Å². The number of rotatable bonds is 0. The SMILES string of the molecule is Oc1cc(Cl)c2nc(Cl)ccc2c1. The van der Waals surface area contributed by atoms with Gasteiger partial charge in [-0.3, -0.25) is 0 Å². The Labute approximate surface area is 84.7 Å². The number of phenols is 1. The van der Waals surface area contributed by atoms with E-state index in [1.807, 2.05) is 0 Å². The summed E-state index contributed by atoms with van der Waals surface area (Å²) >= 11 is 11.6. The first kappa shape index (κ1) is 8.60. The molecule has 1 heterocycles. The van der Waals surface area contributed by atoms with Crippen LogP contribution in [0.1, 0.15) is 0 Å². The maximum atomic E-state index is 9.24. The van der Waals surface area contributed by atoms with E-state index in [0.29, 0.717) is 15.7 Å². The molecule has 0 aliphatic heterocycles. The summed E-state index contributed by atoms with van der Waals surface area (Å²) in [5.74, 6) is 0.127. The Kier molecular flexibility index (Phi) is 2.02. The standard InChI is InChI=1S/C9H5Cl2NO/c10-7-4-6(13)3-5-1-2-8(11)12-9(5)7/h1-4,13H. The number of phenolic OH excluding ortho intramolecular Hbond substituents is 1. The van der Waals surface area contributed by atoms with Crippen molar-refractivity contribution in [1.82, 2.24) is 4.98 Å². The molecule has 1 aromatic heterocycles. The first-order chi connectivity index (χ1) is 6.16. The molecule has 0 fully saturated rings. The van der Waals surface area contributed by atoms with Gasteiger partial charge in [-0.2, -0.15) is 0 Å². The molecule has 0 bridgehead atoms. The number of fused-ring (bicyclic) bond motifs is 1. The molecule has 0 aliphatic carbocycles. The fourth-order valence-electron chi connectivity index (χ4n) is 1.15. The second-order valence-electron chi connectivity index (χ2n) is 2.63. The van der Waals surface area contributed by atoms with Crippen molar-refractivity contribution in [2.75, 3.05) is 0 Å². The zero-order valence-electron chi connectivity index (χ0n) is 6.46. The maximum absolute atomic E-state index is 9.24. The van der Waals surface area contributed by atoms with Gasteiger partial charge in [0.15, 0.2) is 0 Å². The average Bonchev–Trinajstić information content (AvgIpc) is 2.06. The van der Waals surface area contributed by atoms with Crippen LogP contribution in [0.25, 0.3) is 10.9 Å². The summed E-state index contributed by atoms with van der Waals surface area (Å²) < 4.78 is 0. The highest BCUT2D eigenvalue weighted by Gasteiger charge is 2.03. The van der Waals surface area contributed by atoms with Crippen LogP contribution in [-0.4, -0.2) is 10.1 Å². The third kappa shape index (κ3) is 1.55. The van der Waals surface area contributed by atoms with Crippen molar-refractivity contribution in [3.63, 3.8) is 0 Å². The number of nitrogens with zero attached hydrogens (tertiary/aromatic N) is 1. The van der Waals surface area contributed by atoms with E-state index in [-0.39, 0.29) is 5.75 Å². The van der Waals surface area contributed by atoms with Gasteiger partial charge in [0, 0.05) is 11.5 Å². The Morgan fingerprint density at radius 1 is 1.15 bits per heavy atom. The Morgan fingerprint density at radius 3 is 2.69 bits per heavy atom. The lowest BCUT2D eigenvalue weighted by atomic mass is 10.2. The topological polar surface area (TPSA) is 33.1 Å². The van der Waals surface area contributed by atoms with Crippen molar-refractivity contribution < 1.29 is 5.11 Å². The van der Waals surface area contributed by atoms with Gasteiger partial charge in [0.05, 0.1) is 10.5 Å². The first-order valence-electron chi connectivity index (χ1n) is 3.61. The number of aromatic nitrogens is 1. The second kappa shape index (κ2) is 3.05. The van der Waals surface area contributed by atoms with Crippen LogP contribution in [0.2, 0.25) is 10.2 Å². The van der Waals surface area contributed by atoms with Crippen LogP contribution in [0.5, 0.6) is 5.75 Å². The van der Waals surface area contributed by atoms with Crippen LogP contribution in [0.15, 0.2) is 24.3 Å². The lowest BCUT2D eigenvalue weighted by Gasteiger charge is -2.00. The highest BCUT2D eigenvalue weighted by molar-refractivity contribution is 6.35. The van der Waals surface area contributed by atoms with Crippen molar-refractivity contribution in [1.29, 1.82) is 0 Å². The molecule has 0 unspecified atom stereocenters. The molecule has 0 amide bonds. The van der Waals surface area contributed by atoms with Gasteiger partial charge in [-0.05, 0) is 18.2 Å². The Bertz CT molecular complexity index is 470. The monoisotopic (exact) mass is 213 g/mol. The molecule has 2 nitrogen and oxygen atoms in total. The Morgan fingerprint density at radius 2 is 1.92 bits per heavy atom. The van der Waals surface area contributed by atoms with Gasteiger partial charge >= 0.3 is 0 Å². The van der Waals surface area contributed by atoms with Gasteiger partial charge in [0.2, 0.25) is 0 Å². The Balaban J connectivity index is 2.87. The molecule has 13 heavy (non-hydrogen) atoms. The van der Waals surface area contributed by atoms with Crippen molar-refractivity contribution in [3.05, 3.63) is 34.4 Å². The molecule has 1 N–H and O–H groups in total. The third-order valence-electron chi connectivity index (χ3n) is 1.70. The van der Waals surface area contributed by atoms with E-state index in [0.717, 1.165) is 5.39 Å². The molecule has 0 spiro atoms. The number of aromatic hydroxyl groups is 1. The number of hydrogen-bond acceptors (Lipinski definition) is 2. The summed E-state index contributed by atoms with van der Waals surface area (Å²) in [7, 11) is 0. The van der Waals surface area contributed by atoms with E-state index in [1.165, 1.54) is 6.07 Å². The summed E-state index contributed by atoms with van der Waals surface area (Å²) in [6.45, 7) is 0. The fraction of sp³-hybridized carbons (Fsp3) is 0. The zero-order chi connectivity index (χ0) is 9.42. The summed E-state index contributed by atoms with van der Waals surface area (Å²) in [6, 6.07) is 6.44. The number of halogens is 2. The second-order valence-corrected chi connectivity index (χ2v) is 3.43. The normalized spacial score (nSPS) is 10.6. The lowest BCUT2D eigenvalue weighted by Crippen LogP contribution is -1.80. The quantitative estimate of drug-likeness (QED) is 0.682. The maximum Gasteiger partial charge on any atom is 0.129 e. The van der Waals surface area contributed by atoms with E-state index in [4.69, 9.17) is 23.2 Å². The summed E-state index contributed by atoms with van der Waals surface area (Å²) in [5.41, 5.74) is 0.604. The molecule has 66 valence electrons. The molecule has 0 atom stereocenters. The average molecular weight is 214 g/mol. The van der Waals surface area contributed by atoms with Crippen molar-refractivity contribution >= 4 is 34.1 Å². The minimum absolute atomic E-state index is 0.127. The van der Waals surface area contributed by atoms with Gasteiger partial charge in [-0.15, -0.1) is 0 Å². The molecule has 2 aromatic rings. The van der Waals surface area contributed by atoms with Gasteiger partial charge in [0.25, 0.3) is 0 Å². The highest BCUT2D eigenvalue weighted by Crippen LogP contribution is 2.27. The molecule has 0 radical (unpaired) electrons. The van der Waals surface area contributed by atoms with Crippen LogP contribution in [0.4, 0.5) is 0 Å². The molecule has 0 saturated heterocycles. The lowest BCUT2D eigenvalue weighted by molar-refractivity contribution is 0.476. The summed E-state index contributed by atoms with van der Waals surface area (Å²) in [6.07, 6.45) is 0. The summed E-state index contributed by atoms with van der Waals surface area (Å²) in [4.78, 5) is 4.04. The zero-order valence-corrected chi connectivity index (χ0v) is 7.97. The van der Waals surface area contributed by atoms with E-state index < -0.39 is 0 Å².